The van der Waals surface area contributed by atoms with Gasteiger partial charge in [-0.3, -0.25) is 0 Å². The molecule has 0 saturated heterocycles. The smallest absolute Gasteiger partial charge is 0.112 e. The minimum atomic E-state index is 0.840. The van der Waals surface area contributed by atoms with E-state index >= 15 is 0 Å². The zero-order chi connectivity index (χ0) is 16.8. The van der Waals surface area contributed by atoms with Crippen molar-refractivity contribution >= 4 is 21.8 Å². The summed E-state index contributed by atoms with van der Waals surface area (Å²) in [6, 6.07) is 12.8. The first kappa shape index (κ1) is 13.9. The minimum absolute atomic E-state index is 0.840. The predicted molar refractivity (Wildman–Crippen MR) is 95.9 cm³/mol. The molecule has 0 bridgehead atoms. The number of H-pyrrole nitrogens is 2. The van der Waals surface area contributed by atoms with Crippen LogP contribution in [0, 0.1) is 0 Å². The second kappa shape index (κ2) is 5.27. The molecule has 7 heteroatoms. The lowest BCUT2D eigenvalue weighted by Gasteiger charge is -2.03. The second-order valence-corrected chi connectivity index (χ2v) is 5.92. The van der Waals surface area contributed by atoms with E-state index < -0.39 is 0 Å². The molecule has 0 amide bonds. The molecule has 3 aromatic heterocycles. The van der Waals surface area contributed by atoms with Crippen molar-refractivity contribution in [3.8, 4) is 22.5 Å². The van der Waals surface area contributed by atoms with E-state index in [4.69, 9.17) is 0 Å². The first-order valence-electron chi connectivity index (χ1n) is 8.13. The Morgan fingerprint density at radius 1 is 0.800 bits per heavy atom. The highest BCUT2D eigenvalue weighted by Gasteiger charge is 2.13. The van der Waals surface area contributed by atoms with Gasteiger partial charge in [-0.05, 0) is 31.2 Å². The third kappa shape index (κ3) is 2.06. The second-order valence-electron chi connectivity index (χ2n) is 5.92. The van der Waals surface area contributed by atoms with E-state index in [-0.39, 0.29) is 0 Å². The van der Waals surface area contributed by atoms with Crippen molar-refractivity contribution in [2.75, 3.05) is 0 Å². The van der Waals surface area contributed by atoms with Crippen LogP contribution >= 0.6 is 0 Å². The summed E-state index contributed by atoms with van der Waals surface area (Å²) in [6.45, 7) is 3.07. The molecular formula is C18H15N7. The molecular weight excluding hydrogens is 314 g/mol. The molecule has 2 N–H and O–H groups in total. The summed E-state index contributed by atoms with van der Waals surface area (Å²) in [6.07, 6.45) is 3.47. The van der Waals surface area contributed by atoms with E-state index in [1.54, 1.807) is 12.4 Å². The van der Waals surface area contributed by atoms with Crippen LogP contribution in [0.5, 0.6) is 0 Å². The topological polar surface area (TPSA) is 88.1 Å². The van der Waals surface area contributed by atoms with E-state index in [1.165, 1.54) is 21.8 Å². The van der Waals surface area contributed by atoms with Gasteiger partial charge in [-0.25, -0.2) is 0 Å². The molecule has 0 atom stereocenters. The average molecular weight is 329 g/mol. The van der Waals surface area contributed by atoms with Crippen LogP contribution in [0.4, 0.5) is 0 Å². The van der Waals surface area contributed by atoms with E-state index in [9.17, 15) is 0 Å². The van der Waals surface area contributed by atoms with Crippen LogP contribution in [-0.4, -0.2) is 35.4 Å². The van der Waals surface area contributed by atoms with E-state index in [1.807, 2.05) is 0 Å². The predicted octanol–water partition coefficient (Wildman–Crippen LogP) is 3.38. The van der Waals surface area contributed by atoms with E-state index in [0.717, 1.165) is 29.1 Å². The molecule has 0 spiro atoms. The summed E-state index contributed by atoms with van der Waals surface area (Å²) < 4.78 is 2.32. The lowest BCUT2D eigenvalue weighted by Crippen LogP contribution is -1.92. The summed E-state index contributed by atoms with van der Waals surface area (Å²) in [5, 5.41) is 23.9. The van der Waals surface area contributed by atoms with Crippen molar-refractivity contribution in [2.24, 2.45) is 0 Å². The van der Waals surface area contributed by atoms with Crippen molar-refractivity contribution in [3.63, 3.8) is 0 Å². The van der Waals surface area contributed by atoms with Gasteiger partial charge >= 0.3 is 0 Å². The summed E-state index contributed by atoms with van der Waals surface area (Å²) >= 11 is 0. The molecule has 25 heavy (non-hydrogen) atoms. The number of hydrogen-bond acceptors (Lipinski definition) is 4. The Morgan fingerprint density at radius 3 is 1.72 bits per heavy atom. The van der Waals surface area contributed by atoms with Crippen LogP contribution in [0.2, 0.25) is 0 Å². The van der Waals surface area contributed by atoms with Crippen LogP contribution in [0.25, 0.3) is 44.3 Å². The van der Waals surface area contributed by atoms with Crippen molar-refractivity contribution in [1.82, 2.24) is 35.4 Å². The van der Waals surface area contributed by atoms with Gasteiger partial charge in [0, 0.05) is 39.5 Å². The Balaban J connectivity index is 1.82. The van der Waals surface area contributed by atoms with Crippen molar-refractivity contribution in [2.45, 2.75) is 13.5 Å². The molecule has 3 heterocycles. The van der Waals surface area contributed by atoms with E-state index in [0.29, 0.717) is 0 Å². The molecule has 0 aliphatic carbocycles. The first-order valence-corrected chi connectivity index (χ1v) is 8.13. The summed E-state index contributed by atoms with van der Waals surface area (Å²) in [7, 11) is 0. The van der Waals surface area contributed by atoms with Gasteiger partial charge in [0.2, 0.25) is 0 Å². The number of aromatic amines is 2. The molecule has 7 nitrogen and oxygen atoms in total. The van der Waals surface area contributed by atoms with Gasteiger partial charge in [-0.2, -0.15) is 30.8 Å². The van der Waals surface area contributed by atoms with Crippen molar-refractivity contribution < 1.29 is 0 Å². The maximum atomic E-state index is 4.19. The molecule has 0 unspecified atom stereocenters. The van der Waals surface area contributed by atoms with Gasteiger partial charge in [0.05, 0.1) is 12.4 Å². The summed E-state index contributed by atoms with van der Waals surface area (Å²) in [4.78, 5) is 0. The largest absolute Gasteiger partial charge is 0.341 e. The van der Waals surface area contributed by atoms with Gasteiger partial charge in [0.15, 0.2) is 0 Å². The molecule has 0 radical (unpaired) electrons. The number of hydrogen-bond donors (Lipinski definition) is 2. The Bertz CT molecular complexity index is 1080. The van der Waals surface area contributed by atoms with Crippen LogP contribution in [-0.2, 0) is 6.54 Å². The molecule has 0 saturated carbocycles. The maximum absolute atomic E-state index is 4.19. The van der Waals surface area contributed by atoms with Crippen LogP contribution in [0.3, 0.4) is 0 Å². The fourth-order valence-electron chi connectivity index (χ4n) is 3.44. The molecule has 0 fully saturated rings. The lowest BCUT2D eigenvalue weighted by molar-refractivity contribution is 0.827. The van der Waals surface area contributed by atoms with Gasteiger partial charge in [0.1, 0.15) is 11.4 Å². The third-order valence-electron chi connectivity index (χ3n) is 4.60. The maximum Gasteiger partial charge on any atom is 0.112 e. The Kier molecular flexibility index (Phi) is 2.93. The van der Waals surface area contributed by atoms with Crippen LogP contribution < -0.4 is 0 Å². The Hall–Kier alpha value is -3.48. The monoisotopic (exact) mass is 329 g/mol. The quantitative estimate of drug-likeness (QED) is 0.531. The number of benzene rings is 2. The van der Waals surface area contributed by atoms with E-state index in [2.05, 4.69) is 78.7 Å². The lowest BCUT2D eigenvalue weighted by atomic mass is 10.0. The molecule has 122 valence electrons. The number of fused-ring (bicyclic) bond motifs is 3. The van der Waals surface area contributed by atoms with Crippen molar-refractivity contribution in [3.05, 3.63) is 48.8 Å². The zero-order valence-electron chi connectivity index (χ0n) is 13.6. The average Bonchev–Trinajstić information content (AvgIpc) is 3.40. The fraction of sp³-hybridized carbons (Fsp3) is 0.111. The van der Waals surface area contributed by atoms with Crippen LogP contribution in [0.1, 0.15) is 6.92 Å². The molecule has 2 aromatic carbocycles. The van der Waals surface area contributed by atoms with Gasteiger partial charge < -0.3 is 4.57 Å². The highest BCUT2D eigenvalue weighted by molar-refractivity contribution is 6.10. The first-order chi connectivity index (χ1) is 12.3. The summed E-state index contributed by atoms with van der Waals surface area (Å²) in [5.41, 5.74) is 6.19. The Morgan fingerprint density at radius 2 is 1.32 bits per heavy atom. The van der Waals surface area contributed by atoms with Crippen molar-refractivity contribution in [1.29, 1.82) is 0 Å². The molecule has 0 aliphatic rings. The SMILES string of the molecule is CCn1c2ccc(-c3cn[nH]n3)cc2c2cc(-c3cn[nH]n3)ccc21. The molecule has 5 aromatic rings. The van der Waals surface area contributed by atoms with Crippen LogP contribution in [0.15, 0.2) is 48.8 Å². The number of aromatic nitrogens is 7. The highest BCUT2D eigenvalue weighted by atomic mass is 15.3. The number of nitrogens with zero attached hydrogens (tertiary/aromatic N) is 5. The molecule has 5 rings (SSSR count). The highest BCUT2D eigenvalue weighted by Crippen LogP contribution is 2.34. The number of nitrogens with one attached hydrogen (secondary N) is 2. The summed E-state index contributed by atoms with van der Waals surface area (Å²) in [5.74, 6) is 0. The number of rotatable bonds is 3. The minimum Gasteiger partial charge on any atom is -0.341 e. The standard InChI is InChI=1S/C18H15N7/c1-2-25-17-5-3-11(15-9-19-23-21-15)7-13(17)14-8-12(4-6-18(14)25)16-10-20-24-22-16/h3-10H,2H2,1H3,(H,19,21,23)(H,20,22,24). The molecule has 0 aliphatic heterocycles. The normalized spacial score (nSPS) is 11.6. The van der Waals surface area contributed by atoms with Gasteiger partial charge in [-0.15, -0.1) is 0 Å². The number of aryl methyl sites for hydroxylation is 1. The third-order valence-corrected chi connectivity index (χ3v) is 4.60. The Labute approximate surface area is 142 Å². The van der Waals surface area contributed by atoms with Gasteiger partial charge in [-0.1, -0.05) is 12.1 Å². The fourth-order valence-corrected chi connectivity index (χ4v) is 3.44. The van der Waals surface area contributed by atoms with Gasteiger partial charge in [0.25, 0.3) is 0 Å². The zero-order valence-corrected chi connectivity index (χ0v) is 13.6.